The molecule has 2 rings (SSSR count). The third-order valence-electron chi connectivity index (χ3n) is 3.01. The van der Waals surface area contributed by atoms with Crippen LogP contribution in [0.4, 0.5) is 0 Å². The summed E-state index contributed by atoms with van der Waals surface area (Å²) in [6.07, 6.45) is 6.19. The Kier molecular flexibility index (Phi) is 3.96. The van der Waals surface area contributed by atoms with Crippen LogP contribution in [-0.2, 0) is 11.2 Å². The van der Waals surface area contributed by atoms with Gasteiger partial charge in [-0.25, -0.2) is 4.98 Å². The van der Waals surface area contributed by atoms with Crippen LogP contribution in [0.15, 0.2) is 10.6 Å². The number of aliphatic hydroxyl groups excluding tert-OH is 1. The fraction of sp³-hybridized carbons (Fsp3) is 0.750. The molecule has 90 valence electrons. The molecule has 1 aromatic rings. The van der Waals surface area contributed by atoms with Crippen LogP contribution < -0.4 is 0 Å². The van der Waals surface area contributed by atoms with Crippen molar-refractivity contribution in [3.8, 4) is 0 Å². The molecule has 1 saturated heterocycles. The standard InChI is InChI=1S/C12H19NO3/c1-9(8-14)11-7-13-12(16-11)6-10-4-2-3-5-15-10/h7,9-10,14H,2-6,8H2,1H3. The summed E-state index contributed by atoms with van der Waals surface area (Å²) < 4.78 is 11.2. The Morgan fingerprint density at radius 1 is 1.56 bits per heavy atom. The molecule has 16 heavy (non-hydrogen) atoms. The molecule has 0 spiro atoms. The van der Waals surface area contributed by atoms with Crippen molar-refractivity contribution in [2.75, 3.05) is 13.2 Å². The molecule has 4 nitrogen and oxygen atoms in total. The average Bonchev–Trinajstić information content (AvgIpc) is 2.78. The van der Waals surface area contributed by atoms with E-state index in [1.807, 2.05) is 6.92 Å². The zero-order chi connectivity index (χ0) is 11.4. The minimum Gasteiger partial charge on any atom is -0.445 e. The van der Waals surface area contributed by atoms with Gasteiger partial charge in [0.1, 0.15) is 5.76 Å². The third kappa shape index (κ3) is 2.83. The van der Waals surface area contributed by atoms with Gasteiger partial charge >= 0.3 is 0 Å². The molecular weight excluding hydrogens is 206 g/mol. The van der Waals surface area contributed by atoms with E-state index in [9.17, 15) is 0 Å². The minimum absolute atomic E-state index is 0.0218. The van der Waals surface area contributed by atoms with Gasteiger partial charge in [-0.15, -0.1) is 0 Å². The van der Waals surface area contributed by atoms with E-state index < -0.39 is 0 Å². The zero-order valence-electron chi connectivity index (χ0n) is 9.69. The van der Waals surface area contributed by atoms with Gasteiger partial charge in [0.05, 0.1) is 25.3 Å². The fourth-order valence-corrected chi connectivity index (χ4v) is 1.90. The van der Waals surface area contributed by atoms with Gasteiger partial charge in [-0.3, -0.25) is 0 Å². The maximum Gasteiger partial charge on any atom is 0.196 e. The summed E-state index contributed by atoms with van der Waals surface area (Å²) in [4.78, 5) is 4.22. The molecule has 2 heterocycles. The van der Waals surface area contributed by atoms with E-state index in [1.54, 1.807) is 6.20 Å². The molecular formula is C12H19NO3. The first-order valence-electron chi connectivity index (χ1n) is 5.96. The van der Waals surface area contributed by atoms with E-state index in [4.69, 9.17) is 14.3 Å². The molecule has 0 radical (unpaired) electrons. The Morgan fingerprint density at radius 2 is 2.44 bits per heavy atom. The predicted molar refractivity (Wildman–Crippen MR) is 59.3 cm³/mol. The minimum atomic E-state index is 0.0218. The van der Waals surface area contributed by atoms with Gasteiger partial charge in [-0.2, -0.15) is 0 Å². The highest BCUT2D eigenvalue weighted by molar-refractivity contribution is 5.01. The van der Waals surface area contributed by atoms with Crippen molar-refractivity contribution < 1.29 is 14.3 Å². The molecule has 2 unspecified atom stereocenters. The summed E-state index contributed by atoms with van der Waals surface area (Å²) in [5, 5.41) is 9.01. The summed E-state index contributed by atoms with van der Waals surface area (Å²) >= 11 is 0. The Hall–Kier alpha value is -0.870. The number of rotatable bonds is 4. The van der Waals surface area contributed by atoms with E-state index >= 15 is 0 Å². The van der Waals surface area contributed by atoms with Crippen LogP contribution in [0.1, 0.15) is 43.8 Å². The van der Waals surface area contributed by atoms with Gasteiger partial charge in [-0.05, 0) is 19.3 Å². The molecule has 4 heteroatoms. The van der Waals surface area contributed by atoms with Gasteiger partial charge in [0, 0.05) is 12.5 Å². The molecule has 0 aliphatic carbocycles. The fourth-order valence-electron chi connectivity index (χ4n) is 1.90. The molecule has 2 atom stereocenters. The summed E-state index contributed by atoms with van der Waals surface area (Å²) in [7, 11) is 0. The third-order valence-corrected chi connectivity index (χ3v) is 3.01. The Morgan fingerprint density at radius 3 is 3.12 bits per heavy atom. The number of hydrogen-bond donors (Lipinski definition) is 1. The van der Waals surface area contributed by atoms with Gasteiger partial charge in [0.2, 0.25) is 0 Å². The van der Waals surface area contributed by atoms with Crippen LogP contribution in [0.25, 0.3) is 0 Å². The molecule has 1 aromatic heterocycles. The van der Waals surface area contributed by atoms with E-state index in [1.165, 1.54) is 6.42 Å². The second kappa shape index (κ2) is 5.46. The lowest BCUT2D eigenvalue weighted by Gasteiger charge is -2.20. The first kappa shape index (κ1) is 11.6. The van der Waals surface area contributed by atoms with Crippen LogP contribution in [0, 0.1) is 0 Å². The second-order valence-electron chi connectivity index (χ2n) is 4.43. The highest BCUT2D eigenvalue weighted by atomic mass is 16.5. The maximum atomic E-state index is 9.01. The van der Waals surface area contributed by atoms with Gasteiger partial charge in [-0.1, -0.05) is 6.92 Å². The predicted octanol–water partition coefficient (Wildman–Crippen LogP) is 1.88. The quantitative estimate of drug-likeness (QED) is 0.850. The number of oxazole rings is 1. The number of hydrogen-bond acceptors (Lipinski definition) is 4. The van der Waals surface area contributed by atoms with Gasteiger partial charge in [0.25, 0.3) is 0 Å². The van der Waals surface area contributed by atoms with Gasteiger partial charge < -0.3 is 14.3 Å². The number of nitrogens with zero attached hydrogens (tertiary/aromatic N) is 1. The smallest absolute Gasteiger partial charge is 0.196 e. The van der Waals surface area contributed by atoms with Crippen LogP contribution in [-0.4, -0.2) is 29.4 Å². The van der Waals surface area contributed by atoms with Crippen molar-refractivity contribution in [2.45, 2.75) is 44.6 Å². The first-order chi connectivity index (χ1) is 7.79. The van der Waals surface area contributed by atoms with Crippen LogP contribution >= 0.6 is 0 Å². The van der Waals surface area contributed by atoms with Crippen LogP contribution in [0.2, 0.25) is 0 Å². The Bertz CT molecular complexity index is 318. The Balaban J connectivity index is 1.91. The molecule has 0 saturated carbocycles. The van der Waals surface area contributed by atoms with Crippen molar-refractivity contribution in [3.05, 3.63) is 17.8 Å². The molecule has 1 N–H and O–H groups in total. The molecule has 1 aliphatic rings. The SMILES string of the molecule is CC(CO)c1cnc(CC2CCCCO2)o1. The molecule has 0 aromatic carbocycles. The van der Waals surface area contributed by atoms with Crippen LogP contribution in [0.3, 0.4) is 0 Å². The van der Waals surface area contributed by atoms with E-state index in [-0.39, 0.29) is 18.6 Å². The molecule has 1 fully saturated rings. The summed E-state index contributed by atoms with van der Waals surface area (Å²) in [5.74, 6) is 1.50. The van der Waals surface area contributed by atoms with E-state index in [0.717, 1.165) is 37.5 Å². The lowest BCUT2D eigenvalue weighted by Crippen LogP contribution is -2.21. The number of aromatic nitrogens is 1. The zero-order valence-corrected chi connectivity index (χ0v) is 9.69. The monoisotopic (exact) mass is 225 g/mol. The summed E-state index contributed by atoms with van der Waals surface area (Å²) in [6, 6.07) is 0. The lowest BCUT2D eigenvalue weighted by molar-refractivity contribution is 0.0130. The van der Waals surface area contributed by atoms with Crippen LogP contribution in [0.5, 0.6) is 0 Å². The number of aliphatic hydroxyl groups is 1. The second-order valence-corrected chi connectivity index (χ2v) is 4.43. The van der Waals surface area contributed by atoms with E-state index in [2.05, 4.69) is 4.98 Å². The largest absolute Gasteiger partial charge is 0.445 e. The summed E-state index contributed by atoms with van der Waals surface area (Å²) in [6.45, 7) is 2.86. The highest BCUT2D eigenvalue weighted by Crippen LogP contribution is 2.20. The highest BCUT2D eigenvalue weighted by Gasteiger charge is 2.18. The molecule has 1 aliphatic heterocycles. The Labute approximate surface area is 95.6 Å². The number of ether oxygens (including phenoxy) is 1. The van der Waals surface area contributed by atoms with E-state index in [0.29, 0.717) is 0 Å². The van der Waals surface area contributed by atoms with Crippen molar-refractivity contribution >= 4 is 0 Å². The normalized spacial score (nSPS) is 23.2. The topological polar surface area (TPSA) is 55.5 Å². The lowest BCUT2D eigenvalue weighted by atomic mass is 10.1. The van der Waals surface area contributed by atoms with Crippen molar-refractivity contribution in [3.63, 3.8) is 0 Å². The molecule has 0 amide bonds. The summed E-state index contributed by atoms with van der Waals surface area (Å²) in [5.41, 5.74) is 0. The van der Waals surface area contributed by atoms with Gasteiger partial charge in [0.15, 0.2) is 5.89 Å². The van der Waals surface area contributed by atoms with Crippen molar-refractivity contribution in [1.82, 2.24) is 4.98 Å². The maximum absolute atomic E-state index is 9.01. The molecule has 0 bridgehead atoms. The average molecular weight is 225 g/mol. The van der Waals surface area contributed by atoms with Crippen molar-refractivity contribution in [2.24, 2.45) is 0 Å². The van der Waals surface area contributed by atoms with Crippen molar-refractivity contribution in [1.29, 1.82) is 0 Å². The first-order valence-corrected chi connectivity index (χ1v) is 5.96.